The quantitative estimate of drug-likeness (QED) is 0.793. The third-order valence-electron chi connectivity index (χ3n) is 5.28. The molecule has 0 saturated heterocycles. The summed E-state index contributed by atoms with van der Waals surface area (Å²) in [5, 5.41) is 3.59. The van der Waals surface area contributed by atoms with E-state index in [2.05, 4.69) is 35.8 Å². The molecule has 2 aliphatic rings. The molecule has 0 radical (unpaired) electrons. The van der Waals surface area contributed by atoms with E-state index in [1.807, 2.05) is 30.3 Å². The van der Waals surface area contributed by atoms with Gasteiger partial charge in [-0.1, -0.05) is 54.6 Å². The summed E-state index contributed by atoms with van der Waals surface area (Å²) in [4.78, 5) is 13.1. The van der Waals surface area contributed by atoms with E-state index in [-0.39, 0.29) is 11.9 Å². The molecule has 0 bridgehead atoms. The Morgan fingerprint density at radius 2 is 1.88 bits per heavy atom. The van der Waals surface area contributed by atoms with Crippen LogP contribution in [0.25, 0.3) is 0 Å². The van der Waals surface area contributed by atoms with Crippen LogP contribution in [0.2, 0.25) is 0 Å². The summed E-state index contributed by atoms with van der Waals surface area (Å²) >= 11 is 1.81. The Bertz CT molecular complexity index is 760. The van der Waals surface area contributed by atoms with Crippen LogP contribution in [0.5, 0.6) is 0 Å². The zero-order valence-corrected chi connectivity index (χ0v) is 15.9. The van der Waals surface area contributed by atoms with Crippen molar-refractivity contribution in [3.05, 3.63) is 71.3 Å². The molecular formula is C22H25NO2S. The van der Waals surface area contributed by atoms with E-state index in [1.54, 1.807) is 11.8 Å². The van der Waals surface area contributed by atoms with Crippen LogP contribution in [0.3, 0.4) is 0 Å². The maximum absolute atomic E-state index is 13.1. The molecule has 1 N–H and O–H groups in total. The molecule has 3 atom stereocenters. The molecule has 26 heavy (non-hydrogen) atoms. The van der Waals surface area contributed by atoms with Gasteiger partial charge in [0.05, 0.1) is 11.9 Å². The normalized spacial score (nSPS) is 22.7. The van der Waals surface area contributed by atoms with Gasteiger partial charge >= 0.3 is 0 Å². The maximum Gasteiger partial charge on any atom is 0.254 e. The molecule has 0 spiro atoms. The van der Waals surface area contributed by atoms with Crippen molar-refractivity contribution in [2.24, 2.45) is 5.92 Å². The first-order valence-corrected chi connectivity index (χ1v) is 10.6. The van der Waals surface area contributed by atoms with Gasteiger partial charge in [-0.15, -0.1) is 0 Å². The smallest absolute Gasteiger partial charge is 0.254 e. The summed E-state index contributed by atoms with van der Waals surface area (Å²) < 4.78 is 6.05. The molecule has 1 fully saturated rings. The van der Waals surface area contributed by atoms with Crippen molar-refractivity contribution in [2.75, 3.05) is 12.9 Å². The molecular weight excluding hydrogens is 342 g/mol. The highest BCUT2D eigenvalue weighted by Gasteiger charge is 2.35. The van der Waals surface area contributed by atoms with E-state index in [0.717, 1.165) is 12.0 Å². The summed E-state index contributed by atoms with van der Waals surface area (Å²) in [5.41, 5.74) is 3.62. The number of hydrogen-bond donors (Lipinski definition) is 1. The summed E-state index contributed by atoms with van der Waals surface area (Å²) in [6.45, 7) is 0.670. The molecule has 2 aromatic carbocycles. The number of thioether (sulfide) groups is 1. The van der Waals surface area contributed by atoms with Gasteiger partial charge in [-0.2, -0.15) is 11.8 Å². The minimum Gasteiger partial charge on any atom is -0.363 e. The van der Waals surface area contributed by atoms with E-state index >= 15 is 0 Å². The number of hydrogen-bond acceptors (Lipinski definition) is 3. The molecule has 136 valence electrons. The third-order valence-corrected chi connectivity index (χ3v) is 6.37. The lowest BCUT2D eigenvalue weighted by Gasteiger charge is -2.24. The first kappa shape index (κ1) is 17.6. The summed E-state index contributed by atoms with van der Waals surface area (Å²) in [5.74, 6) is 0.609. The van der Waals surface area contributed by atoms with Crippen molar-refractivity contribution < 1.29 is 9.53 Å². The number of rotatable bonds is 7. The number of nitrogens with one attached hydrogen (secondary N) is 1. The van der Waals surface area contributed by atoms with E-state index in [4.69, 9.17) is 4.74 Å². The van der Waals surface area contributed by atoms with E-state index in [1.165, 1.54) is 24.0 Å². The second-order valence-corrected chi connectivity index (χ2v) is 8.22. The van der Waals surface area contributed by atoms with Crippen LogP contribution in [-0.2, 0) is 16.0 Å². The van der Waals surface area contributed by atoms with Crippen molar-refractivity contribution in [1.82, 2.24) is 5.32 Å². The number of amides is 1. The monoisotopic (exact) mass is 367 g/mol. The number of carbonyl (C=O) groups excluding carboxylic acids is 1. The largest absolute Gasteiger partial charge is 0.363 e. The Morgan fingerprint density at radius 1 is 1.15 bits per heavy atom. The second kappa shape index (κ2) is 7.85. The minimum atomic E-state index is -0.525. The van der Waals surface area contributed by atoms with Gasteiger partial charge in [0.15, 0.2) is 6.10 Å². The first-order valence-electron chi connectivity index (χ1n) is 9.34. The predicted octanol–water partition coefficient (Wildman–Crippen LogP) is 4.30. The highest BCUT2D eigenvalue weighted by Crippen LogP contribution is 2.40. The maximum atomic E-state index is 13.1. The lowest BCUT2D eigenvalue weighted by Crippen LogP contribution is -2.40. The fourth-order valence-electron chi connectivity index (χ4n) is 3.70. The van der Waals surface area contributed by atoms with Gasteiger partial charge in [-0.25, -0.2) is 0 Å². The van der Waals surface area contributed by atoms with E-state index < -0.39 is 6.10 Å². The van der Waals surface area contributed by atoms with Crippen LogP contribution >= 0.6 is 11.8 Å². The lowest BCUT2D eigenvalue weighted by molar-refractivity contribution is -0.134. The molecule has 2 aromatic rings. The number of carbonyl (C=O) groups is 1. The van der Waals surface area contributed by atoms with Gasteiger partial charge < -0.3 is 10.1 Å². The van der Waals surface area contributed by atoms with Crippen molar-refractivity contribution in [2.45, 2.75) is 36.7 Å². The molecule has 0 aromatic heterocycles. The summed E-state index contributed by atoms with van der Waals surface area (Å²) in [6, 6.07) is 18.5. The molecule has 2 aliphatic carbocycles. The lowest BCUT2D eigenvalue weighted by atomic mass is 10.1. The van der Waals surface area contributed by atoms with E-state index in [9.17, 15) is 4.79 Å². The van der Waals surface area contributed by atoms with Crippen molar-refractivity contribution >= 4 is 17.7 Å². The van der Waals surface area contributed by atoms with E-state index in [0.29, 0.717) is 17.8 Å². The number of fused-ring (bicyclic) bond motifs is 1. The third kappa shape index (κ3) is 3.81. The Morgan fingerprint density at radius 3 is 2.62 bits per heavy atom. The minimum absolute atomic E-state index is 0.0197. The summed E-state index contributed by atoms with van der Waals surface area (Å²) in [7, 11) is 0. The highest BCUT2D eigenvalue weighted by atomic mass is 32.2. The first-order chi connectivity index (χ1) is 12.8. The fraction of sp³-hybridized carbons (Fsp3) is 0.409. The van der Waals surface area contributed by atoms with Crippen LogP contribution in [0.15, 0.2) is 54.6 Å². The average Bonchev–Trinajstić information content (AvgIpc) is 3.42. The SMILES string of the molecule is CS[C@H]1c2ccccc2C[C@@H]1NC(=O)C(OCC1CC1)c1ccccc1. The number of ether oxygens (including phenoxy) is 1. The standard InChI is InChI=1S/C22H25NO2S/c1-26-21-18-10-6-5-9-17(18)13-19(21)23-22(24)20(25-14-15-11-12-15)16-7-3-2-4-8-16/h2-10,15,19-21H,11-14H2,1H3,(H,23,24)/t19-,20?,21-/m0/s1. The molecule has 4 heteroatoms. The van der Waals surface area contributed by atoms with Crippen LogP contribution in [0.1, 0.15) is 40.9 Å². The Kier molecular flexibility index (Phi) is 5.32. The fourth-order valence-corrected chi connectivity index (χ4v) is 4.68. The highest BCUT2D eigenvalue weighted by molar-refractivity contribution is 7.98. The van der Waals surface area contributed by atoms with Crippen LogP contribution < -0.4 is 5.32 Å². The Labute approximate surface area is 159 Å². The molecule has 3 nitrogen and oxygen atoms in total. The van der Waals surface area contributed by atoms with Gasteiger partial charge in [0.2, 0.25) is 0 Å². The van der Waals surface area contributed by atoms with Crippen molar-refractivity contribution in [3.63, 3.8) is 0 Å². The molecule has 4 rings (SSSR count). The van der Waals surface area contributed by atoms with Gasteiger partial charge in [-0.05, 0) is 48.1 Å². The van der Waals surface area contributed by atoms with Crippen LogP contribution in [0.4, 0.5) is 0 Å². The number of benzene rings is 2. The predicted molar refractivity (Wildman–Crippen MR) is 106 cm³/mol. The topological polar surface area (TPSA) is 38.3 Å². The molecule has 0 heterocycles. The zero-order chi connectivity index (χ0) is 17.9. The molecule has 1 saturated carbocycles. The van der Waals surface area contributed by atoms with Gasteiger partial charge in [0.25, 0.3) is 5.91 Å². The Hall–Kier alpha value is -1.78. The molecule has 0 aliphatic heterocycles. The Balaban J connectivity index is 1.49. The van der Waals surface area contributed by atoms with Crippen molar-refractivity contribution in [3.8, 4) is 0 Å². The van der Waals surface area contributed by atoms with Crippen LogP contribution in [-0.4, -0.2) is 24.8 Å². The van der Waals surface area contributed by atoms with Gasteiger partial charge in [-0.3, -0.25) is 4.79 Å². The van der Waals surface area contributed by atoms with Crippen LogP contribution in [0, 0.1) is 5.92 Å². The second-order valence-electron chi connectivity index (χ2n) is 7.24. The average molecular weight is 368 g/mol. The molecule has 1 unspecified atom stereocenters. The van der Waals surface area contributed by atoms with Gasteiger partial charge in [0.1, 0.15) is 0 Å². The summed E-state index contributed by atoms with van der Waals surface area (Å²) in [6.07, 6.45) is 4.91. The molecule has 1 amide bonds. The van der Waals surface area contributed by atoms with Crippen molar-refractivity contribution in [1.29, 1.82) is 0 Å². The van der Waals surface area contributed by atoms with Gasteiger partial charge in [0, 0.05) is 6.04 Å². The zero-order valence-electron chi connectivity index (χ0n) is 15.1.